The molecule has 2 amide bonds. The van der Waals surface area contributed by atoms with Crippen LogP contribution in [-0.4, -0.2) is 37.5 Å². The minimum absolute atomic E-state index is 0.0564. The third-order valence-corrected chi connectivity index (χ3v) is 4.95. The number of para-hydroxylation sites is 1. The lowest BCUT2D eigenvalue weighted by atomic mass is 10.0. The van der Waals surface area contributed by atoms with Gasteiger partial charge in [0, 0.05) is 12.1 Å². The minimum atomic E-state index is -0.459. The molecule has 0 aliphatic carbocycles. The van der Waals surface area contributed by atoms with Gasteiger partial charge in [-0.25, -0.2) is 0 Å². The van der Waals surface area contributed by atoms with E-state index < -0.39 is 6.17 Å². The third kappa shape index (κ3) is 2.05. The first kappa shape index (κ1) is 16.4. The number of carbonyl (C=O) groups excluding carboxylic acids is 2. The fraction of sp³-hybridized carbons (Fsp3) is 0.300. The van der Waals surface area contributed by atoms with E-state index in [9.17, 15) is 9.59 Å². The van der Waals surface area contributed by atoms with Gasteiger partial charge >= 0.3 is 0 Å². The molecule has 6 nitrogen and oxygen atoms in total. The van der Waals surface area contributed by atoms with Gasteiger partial charge in [0.05, 0.1) is 31.0 Å². The molecule has 2 aliphatic heterocycles. The number of hydrogen-bond acceptors (Lipinski definition) is 4. The molecule has 1 atom stereocenters. The van der Waals surface area contributed by atoms with E-state index in [0.717, 1.165) is 12.0 Å². The molecule has 0 fully saturated rings. The minimum Gasteiger partial charge on any atom is -0.493 e. The van der Waals surface area contributed by atoms with Crippen molar-refractivity contribution in [2.75, 3.05) is 25.7 Å². The van der Waals surface area contributed by atoms with E-state index >= 15 is 0 Å². The molecular formula is C20H20N2O4. The molecule has 0 unspecified atom stereocenters. The number of methoxy groups -OCH3 is 2. The van der Waals surface area contributed by atoms with E-state index in [0.29, 0.717) is 34.9 Å². The van der Waals surface area contributed by atoms with Gasteiger partial charge in [-0.1, -0.05) is 25.1 Å². The summed E-state index contributed by atoms with van der Waals surface area (Å²) in [5.74, 6) is 0.674. The summed E-state index contributed by atoms with van der Waals surface area (Å²) in [6.45, 7) is 2.58. The van der Waals surface area contributed by atoms with E-state index in [1.54, 1.807) is 29.0 Å². The summed E-state index contributed by atoms with van der Waals surface area (Å²) >= 11 is 0. The molecule has 0 radical (unpaired) electrons. The van der Waals surface area contributed by atoms with Crippen LogP contribution < -0.4 is 14.4 Å². The highest BCUT2D eigenvalue weighted by Gasteiger charge is 2.49. The Bertz CT molecular complexity index is 909. The molecule has 0 saturated carbocycles. The van der Waals surface area contributed by atoms with Crippen molar-refractivity contribution >= 4 is 17.5 Å². The molecule has 0 aromatic heterocycles. The predicted octanol–water partition coefficient (Wildman–Crippen LogP) is 3.23. The number of carbonyl (C=O) groups is 2. The second kappa shape index (κ2) is 6.05. The van der Waals surface area contributed by atoms with Crippen LogP contribution in [0.3, 0.4) is 0 Å². The Kier molecular flexibility index (Phi) is 3.83. The number of rotatable bonds is 4. The molecule has 0 bridgehead atoms. The van der Waals surface area contributed by atoms with E-state index in [1.807, 2.05) is 31.2 Å². The predicted molar refractivity (Wildman–Crippen MR) is 96.9 cm³/mol. The highest BCUT2D eigenvalue weighted by Crippen LogP contribution is 2.49. The third-order valence-electron chi connectivity index (χ3n) is 4.95. The summed E-state index contributed by atoms with van der Waals surface area (Å²) in [5, 5.41) is 0. The van der Waals surface area contributed by atoms with Gasteiger partial charge in [-0.3, -0.25) is 14.5 Å². The highest BCUT2D eigenvalue weighted by molar-refractivity contribution is 6.18. The van der Waals surface area contributed by atoms with Crippen LogP contribution in [0.2, 0.25) is 0 Å². The zero-order valence-corrected chi connectivity index (χ0v) is 15.0. The highest BCUT2D eigenvalue weighted by atomic mass is 16.5. The van der Waals surface area contributed by atoms with Crippen molar-refractivity contribution in [2.45, 2.75) is 19.5 Å². The smallest absolute Gasteiger partial charge is 0.264 e. The Morgan fingerprint density at radius 1 is 1.00 bits per heavy atom. The Hall–Kier alpha value is -3.02. The fourth-order valence-electron chi connectivity index (χ4n) is 3.89. The molecule has 6 heteroatoms. The maximum absolute atomic E-state index is 13.4. The summed E-state index contributed by atoms with van der Waals surface area (Å²) in [7, 11) is 3.06. The Morgan fingerprint density at radius 2 is 1.77 bits per heavy atom. The van der Waals surface area contributed by atoms with Crippen LogP contribution in [0.15, 0.2) is 36.4 Å². The Morgan fingerprint density at radius 3 is 2.46 bits per heavy atom. The van der Waals surface area contributed by atoms with Crippen LogP contribution in [0, 0.1) is 0 Å². The largest absolute Gasteiger partial charge is 0.493 e. The number of hydrogen-bond donors (Lipinski definition) is 0. The first-order valence-electron chi connectivity index (χ1n) is 8.62. The van der Waals surface area contributed by atoms with Crippen molar-refractivity contribution in [3.63, 3.8) is 0 Å². The number of anilines is 1. The average Bonchev–Trinajstić information content (AvgIpc) is 2.97. The molecular weight excluding hydrogens is 332 g/mol. The van der Waals surface area contributed by atoms with E-state index in [4.69, 9.17) is 9.47 Å². The molecule has 134 valence electrons. The van der Waals surface area contributed by atoms with Crippen LogP contribution >= 0.6 is 0 Å². The number of ether oxygens (including phenoxy) is 2. The maximum Gasteiger partial charge on any atom is 0.264 e. The SMILES string of the molecule is CCCN1C(=O)c2ccccc2N2C(=O)c3c(ccc(OC)c3OC)[C@@H]12. The van der Waals surface area contributed by atoms with Crippen molar-refractivity contribution in [2.24, 2.45) is 0 Å². The average molecular weight is 352 g/mol. The van der Waals surface area contributed by atoms with Gasteiger partial charge in [0.15, 0.2) is 11.5 Å². The number of amides is 2. The molecule has 2 aromatic rings. The summed E-state index contributed by atoms with van der Waals surface area (Å²) in [6, 6.07) is 10.9. The van der Waals surface area contributed by atoms with Crippen LogP contribution in [0.4, 0.5) is 5.69 Å². The topological polar surface area (TPSA) is 59.1 Å². The Labute approximate surface area is 151 Å². The van der Waals surface area contributed by atoms with Gasteiger partial charge in [0.2, 0.25) is 0 Å². The van der Waals surface area contributed by atoms with Crippen molar-refractivity contribution in [1.29, 1.82) is 0 Å². The first-order valence-corrected chi connectivity index (χ1v) is 8.62. The number of benzene rings is 2. The van der Waals surface area contributed by atoms with E-state index in [2.05, 4.69) is 0 Å². The van der Waals surface area contributed by atoms with Crippen molar-refractivity contribution < 1.29 is 19.1 Å². The molecule has 2 aromatic carbocycles. The van der Waals surface area contributed by atoms with Gasteiger partial charge in [-0.05, 0) is 24.6 Å². The monoisotopic (exact) mass is 352 g/mol. The van der Waals surface area contributed by atoms with E-state index in [-0.39, 0.29) is 11.8 Å². The summed E-state index contributed by atoms with van der Waals surface area (Å²) < 4.78 is 10.8. The first-order chi connectivity index (χ1) is 12.6. The van der Waals surface area contributed by atoms with Crippen LogP contribution in [0.5, 0.6) is 11.5 Å². The molecule has 4 rings (SSSR count). The molecule has 0 spiro atoms. The standard InChI is InChI=1S/C20H20N2O4/c1-4-11-21-18-13-9-10-15(25-2)17(26-3)16(13)20(24)22(18)14-8-6-5-7-12(14)19(21)23/h5-10,18H,4,11H2,1-3H3/t18-/m0/s1. The Balaban J connectivity index is 1.98. The number of fused-ring (bicyclic) bond motifs is 5. The second-order valence-electron chi connectivity index (χ2n) is 6.33. The lowest BCUT2D eigenvalue weighted by Crippen LogP contribution is -2.48. The quantitative estimate of drug-likeness (QED) is 0.848. The van der Waals surface area contributed by atoms with Gasteiger partial charge < -0.3 is 14.4 Å². The number of nitrogens with zero attached hydrogens (tertiary/aromatic N) is 2. The summed E-state index contributed by atoms with van der Waals surface area (Å²) in [5.41, 5.74) is 2.41. The summed E-state index contributed by atoms with van der Waals surface area (Å²) in [6.07, 6.45) is 0.342. The lowest BCUT2D eigenvalue weighted by molar-refractivity contribution is 0.0647. The molecule has 0 saturated heterocycles. The van der Waals surface area contributed by atoms with E-state index in [1.165, 1.54) is 7.11 Å². The van der Waals surface area contributed by atoms with Crippen molar-refractivity contribution in [3.8, 4) is 11.5 Å². The van der Waals surface area contributed by atoms with Crippen LogP contribution in [-0.2, 0) is 0 Å². The molecule has 2 aliphatic rings. The van der Waals surface area contributed by atoms with Crippen molar-refractivity contribution in [3.05, 3.63) is 53.1 Å². The normalized spacial score (nSPS) is 17.7. The zero-order valence-electron chi connectivity index (χ0n) is 15.0. The van der Waals surface area contributed by atoms with Crippen LogP contribution in [0.1, 0.15) is 45.8 Å². The summed E-state index contributed by atoms with van der Waals surface area (Å²) in [4.78, 5) is 29.9. The lowest BCUT2D eigenvalue weighted by Gasteiger charge is -2.40. The maximum atomic E-state index is 13.4. The van der Waals surface area contributed by atoms with Gasteiger partial charge in [0.1, 0.15) is 6.17 Å². The van der Waals surface area contributed by atoms with Gasteiger partial charge in [0.25, 0.3) is 11.8 Å². The zero-order chi connectivity index (χ0) is 18.4. The molecule has 2 heterocycles. The second-order valence-corrected chi connectivity index (χ2v) is 6.33. The van der Waals surface area contributed by atoms with Gasteiger partial charge in [-0.2, -0.15) is 0 Å². The molecule has 0 N–H and O–H groups in total. The van der Waals surface area contributed by atoms with Gasteiger partial charge in [-0.15, -0.1) is 0 Å². The molecule has 26 heavy (non-hydrogen) atoms. The fourth-order valence-corrected chi connectivity index (χ4v) is 3.89. The van der Waals surface area contributed by atoms with Crippen LogP contribution in [0.25, 0.3) is 0 Å². The van der Waals surface area contributed by atoms with Crippen molar-refractivity contribution in [1.82, 2.24) is 4.90 Å².